The maximum atomic E-state index is 13.0. The van der Waals surface area contributed by atoms with Gasteiger partial charge in [-0.25, -0.2) is 0 Å². The molecule has 2 aromatic carbocycles. The molecule has 0 N–H and O–H groups in total. The summed E-state index contributed by atoms with van der Waals surface area (Å²) in [7, 11) is 0. The van der Waals surface area contributed by atoms with Crippen LogP contribution in [0.2, 0.25) is 0 Å². The zero-order valence-corrected chi connectivity index (χ0v) is 10.6. The lowest BCUT2D eigenvalue weighted by molar-refractivity contribution is -0.138. The van der Waals surface area contributed by atoms with E-state index in [-0.39, 0.29) is 12.0 Å². The first-order chi connectivity index (χ1) is 9.95. The van der Waals surface area contributed by atoms with Crippen molar-refractivity contribution in [2.75, 3.05) is 0 Å². The molecule has 0 heterocycles. The van der Waals surface area contributed by atoms with Gasteiger partial charge in [0, 0.05) is 11.1 Å². The molecule has 0 fully saturated rings. The number of hydrogen-bond donors (Lipinski definition) is 0. The van der Waals surface area contributed by atoms with Crippen LogP contribution in [0.3, 0.4) is 0 Å². The van der Waals surface area contributed by atoms with Crippen LogP contribution in [0.1, 0.15) is 26.3 Å². The largest absolute Gasteiger partial charge is 0.457 e. The Morgan fingerprint density at radius 1 is 0.905 bits per heavy atom. The number of aldehydes is 2. The highest BCUT2D eigenvalue weighted by Gasteiger charge is 2.37. The molecule has 0 bridgehead atoms. The Kier molecular flexibility index (Phi) is 4.07. The van der Waals surface area contributed by atoms with Crippen molar-refractivity contribution in [2.24, 2.45) is 0 Å². The SMILES string of the molecule is O=Cc1ccc(Oc2cccc(C=O)c2C(F)(F)F)cc1. The molecule has 21 heavy (non-hydrogen) atoms. The Bertz CT molecular complexity index is 661. The second-order valence-corrected chi connectivity index (χ2v) is 4.12. The van der Waals surface area contributed by atoms with Gasteiger partial charge >= 0.3 is 6.18 Å². The number of ether oxygens (including phenoxy) is 1. The second-order valence-electron chi connectivity index (χ2n) is 4.12. The van der Waals surface area contributed by atoms with Crippen LogP contribution in [0.5, 0.6) is 11.5 Å². The van der Waals surface area contributed by atoms with E-state index in [0.29, 0.717) is 11.8 Å². The van der Waals surface area contributed by atoms with Gasteiger partial charge in [-0.05, 0) is 30.3 Å². The Hall–Kier alpha value is -2.63. The molecule has 108 valence electrons. The number of benzene rings is 2. The molecular formula is C15H9F3O3. The summed E-state index contributed by atoms with van der Waals surface area (Å²) in [5.74, 6) is -0.333. The van der Waals surface area contributed by atoms with Crippen LogP contribution in [0, 0.1) is 0 Å². The quantitative estimate of drug-likeness (QED) is 0.796. The van der Waals surface area contributed by atoms with Crippen molar-refractivity contribution in [1.82, 2.24) is 0 Å². The molecule has 2 aromatic rings. The van der Waals surface area contributed by atoms with E-state index in [9.17, 15) is 22.8 Å². The molecule has 0 saturated carbocycles. The van der Waals surface area contributed by atoms with E-state index < -0.39 is 23.1 Å². The van der Waals surface area contributed by atoms with E-state index in [1.54, 1.807) is 0 Å². The fraction of sp³-hybridized carbons (Fsp3) is 0.0667. The summed E-state index contributed by atoms with van der Waals surface area (Å²) in [6.07, 6.45) is -3.97. The first-order valence-corrected chi connectivity index (χ1v) is 5.84. The van der Waals surface area contributed by atoms with Gasteiger partial charge in [0.25, 0.3) is 0 Å². The smallest absolute Gasteiger partial charge is 0.420 e. The molecule has 0 spiro atoms. The Morgan fingerprint density at radius 3 is 2.10 bits per heavy atom. The summed E-state index contributed by atoms with van der Waals surface area (Å²) in [4.78, 5) is 21.3. The van der Waals surface area contributed by atoms with Gasteiger partial charge in [-0.3, -0.25) is 9.59 Å². The average molecular weight is 294 g/mol. The zero-order chi connectivity index (χ0) is 15.5. The van der Waals surface area contributed by atoms with Gasteiger partial charge in [0.1, 0.15) is 23.3 Å². The lowest BCUT2D eigenvalue weighted by Crippen LogP contribution is -2.10. The molecule has 0 aliphatic rings. The summed E-state index contributed by atoms with van der Waals surface area (Å²) in [5.41, 5.74) is -1.25. The third kappa shape index (κ3) is 3.28. The van der Waals surface area contributed by atoms with Gasteiger partial charge in [0.15, 0.2) is 6.29 Å². The van der Waals surface area contributed by atoms with Crippen molar-refractivity contribution in [3.8, 4) is 11.5 Å². The van der Waals surface area contributed by atoms with Crippen molar-refractivity contribution in [1.29, 1.82) is 0 Å². The highest BCUT2D eigenvalue weighted by atomic mass is 19.4. The molecule has 0 saturated heterocycles. The van der Waals surface area contributed by atoms with E-state index in [1.807, 2.05) is 0 Å². The first kappa shape index (κ1) is 14.8. The van der Waals surface area contributed by atoms with Crippen molar-refractivity contribution in [3.63, 3.8) is 0 Å². The number of rotatable bonds is 4. The van der Waals surface area contributed by atoms with Gasteiger partial charge in [-0.2, -0.15) is 13.2 Å². The zero-order valence-electron chi connectivity index (χ0n) is 10.6. The Labute approximate surface area is 118 Å². The summed E-state index contributed by atoms with van der Waals surface area (Å²) in [6.45, 7) is 0. The molecule has 0 unspecified atom stereocenters. The molecule has 0 aromatic heterocycles. The number of halogens is 3. The van der Waals surface area contributed by atoms with Gasteiger partial charge in [-0.1, -0.05) is 12.1 Å². The number of carbonyl (C=O) groups is 2. The first-order valence-electron chi connectivity index (χ1n) is 5.84. The van der Waals surface area contributed by atoms with Crippen LogP contribution >= 0.6 is 0 Å². The van der Waals surface area contributed by atoms with Crippen LogP contribution in [0.4, 0.5) is 13.2 Å². The molecule has 0 aliphatic heterocycles. The molecule has 0 amide bonds. The minimum atomic E-state index is -4.71. The lowest BCUT2D eigenvalue weighted by atomic mass is 10.1. The number of carbonyl (C=O) groups excluding carboxylic acids is 2. The van der Waals surface area contributed by atoms with Gasteiger partial charge < -0.3 is 4.74 Å². The highest BCUT2D eigenvalue weighted by Crippen LogP contribution is 2.39. The fourth-order valence-electron chi connectivity index (χ4n) is 1.78. The number of alkyl halides is 3. The van der Waals surface area contributed by atoms with Crippen molar-refractivity contribution >= 4 is 12.6 Å². The van der Waals surface area contributed by atoms with Gasteiger partial charge in [0.2, 0.25) is 0 Å². The predicted octanol–water partition coefficient (Wildman–Crippen LogP) is 4.12. The van der Waals surface area contributed by atoms with Crippen LogP contribution in [0.25, 0.3) is 0 Å². The van der Waals surface area contributed by atoms with E-state index in [2.05, 4.69) is 0 Å². The van der Waals surface area contributed by atoms with Crippen LogP contribution in [-0.2, 0) is 6.18 Å². The molecule has 6 heteroatoms. The fourth-order valence-corrected chi connectivity index (χ4v) is 1.78. The third-order valence-corrected chi connectivity index (χ3v) is 2.71. The monoisotopic (exact) mass is 294 g/mol. The standard InChI is InChI=1S/C15H9F3O3/c16-15(17,18)14-11(9-20)2-1-3-13(14)21-12-6-4-10(8-19)5-7-12/h1-9H. The number of hydrogen-bond acceptors (Lipinski definition) is 3. The van der Waals surface area contributed by atoms with Gasteiger partial charge in [0.05, 0.1) is 0 Å². The topological polar surface area (TPSA) is 43.4 Å². The predicted molar refractivity (Wildman–Crippen MR) is 68.7 cm³/mol. The molecule has 0 atom stereocenters. The molecule has 2 rings (SSSR count). The van der Waals surface area contributed by atoms with Crippen LogP contribution < -0.4 is 4.74 Å². The molecule has 0 radical (unpaired) electrons. The summed E-state index contributed by atoms with van der Waals surface area (Å²) in [6, 6.07) is 9.07. The summed E-state index contributed by atoms with van der Waals surface area (Å²) in [5, 5.41) is 0. The highest BCUT2D eigenvalue weighted by molar-refractivity contribution is 5.79. The lowest BCUT2D eigenvalue weighted by Gasteiger charge is -2.15. The van der Waals surface area contributed by atoms with E-state index in [1.165, 1.54) is 30.3 Å². The van der Waals surface area contributed by atoms with Crippen LogP contribution in [-0.4, -0.2) is 12.6 Å². The van der Waals surface area contributed by atoms with E-state index in [0.717, 1.165) is 12.1 Å². The minimum absolute atomic E-state index is 0.130. The second kappa shape index (κ2) is 5.78. The normalized spacial score (nSPS) is 11.0. The van der Waals surface area contributed by atoms with Crippen molar-refractivity contribution < 1.29 is 27.5 Å². The molecule has 0 aliphatic carbocycles. The molecule has 3 nitrogen and oxygen atoms in total. The van der Waals surface area contributed by atoms with Crippen molar-refractivity contribution in [2.45, 2.75) is 6.18 Å². The minimum Gasteiger partial charge on any atom is -0.457 e. The maximum absolute atomic E-state index is 13.0. The maximum Gasteiger partial charge on any atom is 0.420 e. The van der Waals surface area contributed by atoms with Crippen LogP contribution in [0.15, 0.2) is 42.5 Å². The Morgan fingerprint density at radius 2 is 1.57 bits per heavy atom. The Balaban J connectivity index is 2.43. The third-order valence-electron chi connectivity index (χ3n) is 2.71. The van der Waals surface area contributed by atoms with E-state index in [4.69, 9.17) is 4.74 Å². The summed E-state index contributed by atoms with van der Waals surface area (Å²) >= 11 is 0. The average Bonchev–Trinajstić information content (AvgIpc) is 2.46. The van der Waals surface area contributed by atoms with E-state index >= 15 is 0 Å². The summed E-state index contributed by atoms with van der Waals surface area (Å²) < 4.78 is 44.3. The van der Waals surface area contributed by atoms with Crippen molar-refractivity contribution in [3.05, 3.63) is 59.2 Å². The molecular weight excluding hydrogens is 285 g/mol. The van der Waals surface area contributed by atoms with Gasteiger partial charge in [-0.15, -0.1) is 0 Å².